The lowest BCUT2D eigenvalue weighted by Gasteiger charge is -2.26. The Morgan fingerprint density at radius 3 is 2.16 bits per heavy atom. The van der Waals surface area contributed by atoms with Crippen LogP contribution in [-0.2, 0) is 16.1 Å². The van der Waals surface area contributed by atoms with Crippen molar-refractivity contribution in [1.82, 2.24) is 15.7 Å². The van der Waals surface area contributed by atoms with E-state index in [0.29, 0.717) is 5.56 Å². The van der Waals surface area contributed by atoms with Gasteiger partial charge in [0.2, 0.25) is 0 Å². The van der Waals surface area contributed by atoms with Crippen LogP contribution in [0.15, 0.2) is 48.5 Å². The number of ether oxygens (including phenoxy) is 1. The number of rotatable bonds is 6. The lowest BCUT2D eigenvalue weighted by Crippen LogP contribution is -2.54. The molecule has 5 N–H and O–H groups in total. The normalized spacial score (nSPS) is 15.7. The third-order valence-corrected chi connectivity index (χ3v) is 5.17. The molecule has 2 amide bonds. The highest BCUT2D eigenvalue weighted by Crippen LogP contribution is 2.09. The van der Waals surface area contributed by atoms with Gasteiger partial charge in [-0.2, -0.15) is 0 Å². The number of morpholine rings is 1. The van der Waals surface area contributed by atoms with Gasteiger partial charge in [-0.05, 0) is 48.9 Å². The van der Waals surface area contributed by atoms with E-state index in [9.17, 15) is 9.59 Å². The zero-order valence-electron chi connectivity index (χ0n) is 18.0. The zero-order chi connectivity index (χ0) is 22.9. The Morgan fingerprint density at radius 2 is 1.62 bits per heavy atom. The number of hydroxylamine groups is 1. The Labute approximate surface area is 187 Å². The maximum atomic E-state index is 12.4. The van der Waals surface area contributed by atoms with Gasteiger partial charge in [-0.25, -0.2) is 5.48 Å². The average molecular weight is 437 g/mol. The molecule has 0 aliphatic carbocycles. The number of nitrogens with zero attached hydrogens (tertiary/aromatic N) is 1. The van der Waals surface area contributed by atoms with E-state index >= 15 is 0 Å². The van der Waals surface area contributed by atoms with Crippen LogP contribution in [0.2, 0.25) is 0 Å². The second-order valence-electron chi connectivity index (χ2n) is 7.70. The number of nitrogens with two attached hydrogens (primary N) is 1. The van der Waals surface area contributed by atoms with Gasteiger partial charge in [-0.1, -0.05) is 24.0 Å². The van der Waals surface area contributed by atoms with Crippen molar-refractivity contribution < 1.29 is 19.5 Å². The van der Waals surface area contributed by atoms with Crippen LogP contribution < -0.4 is 16.5 Å². The van der Waals surface area contributed by atoms with Gasteiger partial charge in [-0.15, -0.1) is 0 Å². The van der Waals surface area contributed by atoms with Crippen molar-refractivity contribution in [2.75, 3.05) is 26.3 Å². The largest absolute Gasteiger partial charge is 0.379 e. The van der Waals surface area contributed by atoms with Gasteiger partial charge in [0.05, 0.1) is 13.2 Å². The lowest BCUT2D eigenvalue weighted by molar-refractivity contribution is -0.131. The summed E-state index contributed by atoms with van der Waals surface area (Å²) in [6.45, 7) is 5.95. The summed E-state index contributed by atoms with van der Waals surface area (Å²) < 4.78 is 5.38. The fourth-order valence-electron chi connectivity index (χ4n) is 3.29. The SMILES string of the molecule is C[C@@H](N)[C@@H](NC(=O)c1ccc(C#Cc2ccc(CN3CCOCC3)cc2)cc1)C(=O)NO. The van der Waals surface area contributed by atoms with E-state index in [0.717, 1.165) is 44.0 Å². The molecule has 2 atom stereocenters. The lowest BCUT2D eigenvalue weighted by atomic mass is 10.1. The van der Waals surface area contributed by atoms with Crippen molar-refractivity contribution in [3.63, 3.8) is 0 Å². The van der Waals surface area contributed by atoms with E-state index < -0.39 is 23.9 Å². The van der Waals surface area contributed by atoms with Crippen LogP contribution in [0.25, 0.3) is 0 Å². The number of carbonyl (C=O) groups is 2. The van der Waals surface area contributed by atoms with Crippen LogP contribution >= 0.6 is 0 Å². The number of nitrogens with one attached hydrogen (secondary N) is 2. The van der Waals surface area contributed by atoms with E-state index in [1.54, 1.807) is 31.2 Å². The maximum Gasteiger partial charge on any atom is 0.267 e. The first-order valence-corrected chi connectivity index (χ1v) is 10.5. The second-order valence-corrected chi connectivity index (χ2v) is 7.70. The van der Waals surface area contributed by atoms with Crippen molar-refractivity contribution >= 4 is 11.8 Å². The fourth-order valence-corrected chi connectivity index (χ4v) is 3.29. The minimum absolute atomic E-state index is 0.361. The highest BCUT2D eigenvalue weighted by atomic mass is 16.5. The van der Waals surface area contributed by atoms with E-state index in [2.05, 4.69) is 34.2 Å². The molecule has 0 saturated carbocycles. The second kappa shape index (κ2) is 11.4. The molecule has 1 fully saturated rings. The highest BCUT2D eigenvalue weighted by Gasteiger charge is 2.24. The minimum atomic E-state index is -1.04. The monoisotopic (exact) mass is 436 g/mol. The molecule has 1 heterocycles. The topological polar surface area (TPSA) is 117 Å². The summed E-state index contributed by atoms with van der Waals surface area (Å²) >= 11 is 0. The van der Waals surface area contributed by atoms with Gasteiger partial charge >= 0.3 is 0 Å². The predicted octanol–water partition coefficient (Wildman–Crippen LogP) is 0.870. The molecular formula is C24H28N4O4. The summed E-state index contributed by atoms with van der Waals surface area (Å²) in [5, 5.41) is 11.3. The van der Waals surface area contributed by atoms with Gasteiger partial charge in [0.15, 0.2) is 0 Å². The van der Waals surface area contributed by atoms with Gasteiger partial charge in [-0.3, -0.25) is 19.7 Å². The van der Waals surface area contributed by atoms with Crippen LogP contribution in [0.1, 0.15) is 34.0 Å². The number of carbonyl (C=O) groups excluding carboxylic acids is 2. The summed E-state index contributed by atoms with van der Waals surface area (Å²) in [4.78, 5) is 26.4. The van der Waals surface area contributed by atoms with Gasteiger partial charge in [0.25, 0.3) is 11.8 Å². The molecule has 1 saturated heterocycles. The van der Waals surface area contributed by atoms with Crippen molar-refractivity contribution in [3.8, 4) is 11.8 Å². The molecule has 2 aromatic carbocycles. The average Bonchev–Trinajstić information content (AvgIpc) is 2.82. The van der Waals surface area contributed by atoms with Crippen LogP contribution in [0.3, 0.4) is 0 Å². The number of amides is 2. The summed E-state index contributed by atoms with van der Waals surface area (Å²) in [5.74, 6) is 4.98. The highest BCUT2D eigenvalue weighted by molar-refractivity contribution is 5.97. The summed E-state index contributed by atoms with van der Waals surface area (Å²) in [5.41, 5.74) is 10.5. The molecule has 0 bridgehead atoms. The Kier molecular flexibility index (Phi) is 8.36. The third-order valence-electron chi connectivity index (χ3n) is 5.17. The van der Waals surface area contributed by atoms with Gasteiger partial charge in [0, 0.05) is 42.4 Å². The first-order valence-electron chi connectivity index (χ1n) is 10.5. The van der Waals surface area contributed by atoms with E-state index in [1.165, 1.54) is 11.0 Å². The molecule has 1 aliphatic rings. The molecule has 0 spiro atoms. The predicted molar refractivity (Wildman–Crippen MR) is 120 cm³/mol. The third kappa shape index (κ3) is 6.64. The van der Waals surface area contributed by atoms with E-state index in [-0.39, 0.29) is 0 Å². The van der Waals surface area contributed by atoms with Crippen LogP contribution in [-0.4, -0.2) is 60.3 Å². The molecule has 0 radical (unpaired) electrons. The molecule has 32 heavy (non-hydrogen) atoms. The number of benzene rings is 2. The summed E-state index contributed by atoms with van der Waals surface area (Å²) in [7, 11) is 0. The molecule has 168 valence electrons. The van der Waals surface area contributed by atoms with Crippen LogP contribution in [0, 0.1) is 11.8 Å². The molecule has 0 aromatic heterocycles. The fraction of sp³-hybridized carbons (Fsp3) is 0.333. The zero-order valence-corrected chi connectivity index (χ0v) is 18.0. The van der Waals surface area contributed by atoms with E-state index in [1.807, 2.05) is 12.1 Å². The first kappa shape index (κ1) is 23.4. The van der Waals surface area contributed by atoms with Gasteiger partial charge < -0.3 is 15.8 Å². The Bertz CT molecular complexity index is 972. The minimum Gasteiger partial charge on any atom is -0.379 e. The number of hydrogen-bond acceptors (Lipinski definition) is 6. The maximum absolute atomic E-state index is 12.4. The van der Waals surface area contributed by atoms with Crippen molar-refractivity contribution in [2.45, 2.75) is 25.6 Å². The van der Waals surface area contributed by atoms with Gasteiger partial charge in [0.1, 0.15) is 6.04 Å². The molecule has 8 nitrogen and oxygen atoms in total. The Balaban J connectivity index is 1.58. The quantitative estimate of drug-likeness (QED) is 0.303. The molecular weight excluding hydrogens is 408 g/mol. The van der Waals surface area contributed by atoms with Crippen LogP contribution in [0.4, 0.5) is 0 Å². The molecule has 3 rings (SSSR count). The smallest absolute Gasteiger partial charge is 0.267 e. The molecule has 1 aliphatic heterocycles. The molecule has 2 aromatic rings. The van der Waals surface area contributed by atoms with Crippen molar-refractivity contribution in [3.05, 3.63) is 70.8 Å². The van der Waals surface area contributed by atoms with Crippen molar-refractivity contribution in [2.24, 2.45) is 5.73 Å². The summed E-state index contributed by atoms with van der Waals surface area (Å²) in [6, 6.07) is 13.2. The van der Waals surface area contributed by atoms with E-state index in [4.69, 9.17) is 15.7 Å². The Hall–Kier alpha value is -3.22. The van der Waals surface area contributed by atoms with Crippen LogP contribution in [0.5, 0.6) is 0 Å². The van der Waals surface area contributed by atoms with Crippen molar-refractivity contribution in [1.29, 1.82) is 0 Å². The first-order chi connectivity index (χ1) is 15.5. The standard InChI is InChI=1S/C24H28N4O4/c1-17(25)22(24(30)27-31)26-23(29)21-10-8-19(9-11-21)3-2-18-4-6-20(7-5-18)16-28-12-14-32-15-13-28/h4-11,17,22,31H,12-16,25H2,1H3,(H,26,29)(H,27,30)/t17-,22-/m1/s1. The number of hydrogen-bond donors (Lipinski definition) is 4. The summed E-state index contributed by atoms with van der Waals surface area (Å²) in [6.07, 6.45) is 0. The molecule has 0 unspecified atom stereocenters. The Morgan fingerprint density at radius 1 is 1.06 bits per heavy atom. The molecule has 8 heteroatoms.